The topological polar surface area (TPSA) is 128 Å². The summed E-state index contributed by atoms with van der Waals surface area (Å²) in [6.45, 7) is 3.56. The number of rotatable bonds is 9. The number of non-ortho nitro benzene ring substituents is 1. The first kappa shape index (κ1) is 28.8. The third-order valence-electron chi connectivity index (χ3n) is 5.79. The molecule has 1 saturated heterocycles. The van der Waals surface area contributed by atoms with Gasteiger partial charge in [-0.3, -0.25) is 29.4 Å². The second kappa shape index (κ2) is 12.3. The molecule has 206 valence electrons. The summed E-state index contributed by atoms with van der Waals surface area (Å²) in [6, 6.07) is 14.9. The highest BCUT2D eigenvalue weighted by molar-refractivity contribution is 9.10. The number of amides is 3. The lowest BCUT2D eigenvalue weighted by atomic mass is 10.1. The Kier molecular flexibility index (Phi) is 8.90. The van der Waals surface area contributed by atoms with Crippen LogP contribution in [0.3, 0.4) is 0 Å². The fourth-order valence-electron chi connectivity index (χ4n) is 3.98. The van der Waals surface area contributed by atoms with Crippen LogP contribution < -0.4 is 14.8 Å². The SMILES string of the molecule is COc1cc(/C=C2/SC(=O)N(CC(=O)Nc3cc(C)cc(C)c3)C2=O)c(Br)cc1OCc1ccc([N+](=O)[O-])cc1. The lowest BCUT2D eigenvalue weighted by molar-refractivity contribution is -0.384. The number of hydrogen-bond acceptors (Lipinski definition) is 8. The van der Waals surface area contributed by atoms with Crippen LogP contribution >= 0.6 is 27.7 Å². The first-order chi connectivity index (χ1) is 19.0. The molecule has 0 saturated carbocycles. The van der Waals surface area contributed by atoms with Gasteiger partial charge in [-0.25, -0.2) is 0 Å². The van der Waals surface area contributed by atoms with Crippen molar-refractivity contribution in [2.24, 2.45) is 0 Å². The fraction of sp³-hybridized carbons (Fsp3) is 0.179. The van der Waals surface area contributed by atoms with E-state index < -0.39 is 28.5 Å². The van der Waals surface area contributed by atoms with Crippen molar-refractivity contribution in [2.75, 3.05) is 19.0 Å². The van der Waals surface area contributed by atoms with Gasteiger partial charge in [-0.05, 0) is 90.3 Å². The van der Waals surface area contributed by atoms with Crippen LogP contribution in [0.1, 0.15) is 22.3 Å². The van der Waals surface area contributed by atoms with Crippen LogP contribution in [0.5, 0.6) is 11.5 Å². The lowest BCUT2D eigenvalue weighted by Crippen LogP contribution is -2.36. The van der Waals surface area contributed by atoms with Crippen molar-refractivity contribution in [3.8, 4) is 11.5 Å². The molecule has 12 heteroatoms. The molecule has 0 spiro atoms. The number of methoxy groups -OCH3 is 1. The van der Waals surface area contributed by atoms with Gasteiger partial charge in [0.25, 0.3) is 16.8 Å². The number of nitrogens with one attached hydrogen (secondary N) is 1. The monoisotopic (exact) mass is 625 g/mol. The number of halogens is 1. The highest BCUT2D eigenvalue weighted by Crippen LogP contribution is 2.38. The van der Waals surface area contributed by atoms with Gasteiger partial charge >= 0.3 is 0 Å². The molecular weight excluding hydrogens is 602 g/mol. The van der Waals surface area contributed by atoms with Gasteiger partial charge in [0.2, 0.25) is 5.91 Å². The van der Waals surface area contributed by atoms with E-state index in [1.165, 1.54) is 19.2 Å². The predicted octanol–water partition coefficient (Wildman–Crippen LogP) is 6.24. The Labute approximate surface area is 242 Å². The second-order valence-corrected chi connectivity index (χ2v) is 10.8. The molecule has 0 aromatic heterocycles. The van der Waals surface area contributed by atoms with E-state index >= 15 is 0 Å². The fourth-order valence-corrected chi connectivity index (χ4v) is 5.24. The summed E-state index contributed by atoms with van der Waals surface area (Å²) in [5.74, 6) is -0.273. The number of carbonyl (C=O) groups is 3. The van der Waals surface area contributed by atoms with E-state index in [0.29, 0.717) is 27.2 Å². The number of benzene rings is 3. The number of nitro benzene ring substituents is 1. The molecule has 40 heavy (non-hydrogen) atoms. The van der Waals surface area contributed by atoms with Gasteiger partial charge in [0.05, 0.1) is 16.9 Å². The van der Waals surface area contributed by atoms with E-state index in [0.717, 1.165) is 33.4 Å². The van der Waals surface area contributed by atoms with E-state index in [2.05, 4.69) is 21.2 Å². The van der Waals surface area contributed by atoms with Crippen LogP contribution in [-0.4, -0.2) is 40.5 Å². The number of carbonyl (C=O) groups excluding carboxylic acids is 3. The van der Waals surface area contributed by atoms with E-state index in [1.54, 1.807) is 30.3 Å². The van der Waals surface area contributed by atoms with Gasteiger partial charge in [-0.1, -0.05) is 22.0 Å². The van der Waals surface area contributed by atoms with E-state index in [9.17, 15) is 24.5 Å². The number of aryl methyl sites for hydroxylation is 2. The zero-order valence-electron chi connectivity index (χ0n) is 21.7. The summed E-state index contributed by atoms with van der Waals surface area (Å²) >= 11 is 4.21. The second-order valence-electron chi connectivity index (χ2n) is 8.93. The Morgan fingerprint density at radius 2 is 1.75 bits per heavy atom. The average molecular weight is 626 g/mol. The Balaban J connectivity index is 1.46. The minimum Gasteiger partial charge on any atom is -0.493 e. The summed E-state index contributed by atoms with van der Waals surface area (Å²) in [5, 5.41) is 13.0. The smallest absolute Gasteiger partial charge is 0.294 e. The summed E-state index contributed by atoms with van der Waals surface area (Å²) in [6.07, 6.45) is 1.54. The van der Waals surface area contributed by atoms with Crippen molar-refractivity contribution < 1.29 is 28.8 Å². The van der Waals surface area contributed by atoms with Crippen molar-refractivity contribution in [3.05, 3.63) is 96.3 Å². The predicted molar refractivity (Wildman–Crippen MR) is 155 cm³/mol. The molecule has 3 aromatic carbocycles. The van der Waals surface area contributed by atoms with Crippen molar-refractivity contribution in [1.29, 1.82) is 0 Å². The number of hydrogen-bond donors (Lipinski definition) is 1. The molecule has 0 aliphatic carbocycles. The standard InChI is InChI=1S/C28H24BrN3O7S/c1-16-8-17(2)10-20(9-16)30-26(33)14-31-27(34)25(40-28(31)35)12-19-11-23(38-3)24(13-22(19)29)39-15-18-4-6-21(7-5-18)32(36)37/h4-13H,14-15H2,1-3H3,(H,30,33)/b25-12+. The number of nitrogens with zero attached hydrogens (tertiary/aromatic N) is 2. The Morgan fingerprint density at radius 1 is 1.07 bits per heavy atom. The van der Waals surface area contributed by atoms with Crippen LogP contribution in [0.2, 0.25) is 0 Å². The number of nitro groups is 1. The maximum Gasteiger partial charge on any atom is 0.294 e. The molecule has 3 amide bonds. The molecule has 1 heterocycles. The van der Waals surface area contributed by atoms with Gasteiger partial charge in [-0.2, -0.15) is 0 Å². The highest BCUT2D eigenvalue weighted by atomic mass is 79.9. The number of imide groups is 1. The molecule has 1 aliphatic heterocycles. The zero-order valence-corrected chi connectivity index (χ0v) is 24.1. The third-order valence-corrected chi connectivity index (χ3v) is 7.39. The van der Waals surface area contributed by atoms with Gasteiger partial charge in [0.1, 0.15) is 13.2 Å². The molecule has 3 aromatic rings. The third kappa shape index (κ3) is 6.88. The molecule has 0 radical (unpaired) electrons. The van der Waals surface area contributed by atoms with Crippen LogP contribution in [0.15, 0.2) is 64.0 Å². The normalized spacial score (nSPS) is 14.0. The molecule has 0 bridgehead atoms. The van der Waals surface area contributed by atoms with Gasteiger partial charge in [0, 0.05) is 22.3 Å². The van der Waals surface area contributed by atoms with E-state index in [1.807, 2.05) is 32.0 Å². The highest BCUT2D eigenvalue weighted by Gasteiger charge is 2.36. The molecule has 1 fully saturated rings. The van der Waals surface area contributed by atoms with Crippen molar-refractivity contribution in [3.63, 3.8) is 0 Å². The van der Waals surface area contributed by atoms with Gasteiger partial charge in [-0.15, -0.1) is 0 Å². The maximum atomic E-state index is 13.0. The first-order valence-electron chi connectivity index (χ1n) is 11.9. The molecule has 0 atom stereocenters. The van der Waals surface area contributed by atoms with Crippen molar-refractivity contribution in [2.45, 2.75) is 20.5 Å². The Hall–Kier alpha value is -4.16. The molecule has 0 unspecified atom stereocenters. The molecular formula is C28H24BrN3O7S. The lowest BCUT2D eigenvalue weighted by Gasteiger charge is -2.14. The largest absolute Gasteiger partial charge is 0.493 e. The quantitative estimate of drug-likeness (QED) is 0.168. The van der Waals surface area contributed by atoms with Crippen LogP contribution in [0.4, 0.5) is 16.2 Å². The summed E-state index contributed by atoms with van der Waals surface area (Å²) in [5.41, 5.74) is 3.82. The average Bonchev–Trinajstić information content (AvgIpc) is 3.15. The number of thioether (sulfide) groups is 1. The summed E-state index contributed by atoms with van der Waals surface area (Å²) < 4.78 is 11.9. The molecule has 1 N–H and O–H groups in total. The number of anilines is 1. The van der Waals surface area contributed by atoms with Gasteiger partial charge in [0.15, 0.2) is 11.5 Å². The van der Waals surface area contributed by atoms with E-state index in [-0.39, 0.29) is 17.2 Å². The van der Waals surface area contributed by atoms with Crippen LogP contribution in [0, 0.1) is 24.0 Å². The molecule has 4 rings (SSSR count). The van der Waals surface area contributed by atoms with Crippen LogP contribution in [-0.2, 0) is 16.2 Å². The molecule has 10 nitrogen and oxygen atoms in total. The Bertz CT molecular complexity index is 1520. The van der Waals surface area contributed by atoms with Gasteiger partial charge < -0.3 is 14.8 Å². The number of ether oxygens (including phenoxy) is 2. The molecule has 1 aliphatic rings. The van der Waals surface area contributed by atoms with Crippen molar-refractivity contribution in [1.82, 2.24) is 4.90 Å². The first-order valence-corrected chi connectivity index (χ1v) is 13.5. The van der Waals surface area contributed by atoms with E-state index in [4.69, 9.17) is 9.47 Å². The maximum absolute atomic E-state index is 13.0. The summed E-state index contributed by atoms with van der Waals surface area (Å²) in [4.78, 5) is 49.6. The minimum atomic E-state index is -0.574. The summed E-state index contributed by atoms with van der Waals surface area (Å²) in [7, 11) is 1.47. The van der Waals surface area contributed by atoms with Crippen LogP contribution in [0.25, 0.3) is 6.08 Å². The zero-order chi connectivity index (χ0) is 29.0. The Morgan fingerprint density at radius 3 is 2.38 bits per heavy atom. The minimum absolute atomic E-state index is 0.0140. The van der Waals surface area contributed by atoms with Crippen molar-refractivity contribution >= 4 is 62.2 Å².